The van der Waals surface area contributed by atoms with Gasteiger partial charge >= 0.3 is 0 Å². The molecule has 1 aromatic heterocycles. The molecule has 1 aliphatic carbocycles. The zero-order valence-corrected chi connectivity index (χ0v) is 10.2. The second-order valence-electron chi connectivity index (χ2n) is 4.74. The minimum Gasteiger partial charge on any atom is -0.370 e. The van der Waals surface area contributed by atoms with E-state index in [9.17, 15) is 0 Å². The van der Waals surface area contributed by atoms with E-state index in [0.29, 0.717) is 5.69 Å². The predicted octanol–water partition coefficient (Wildman–Crippen LogP) is 3.34. The van der Waals surface area contributed by atoms with Crippen LogP contribution < -0.4 is 5.32 Å². The highest BCUT2D eigenvalue weighted by Gasteiger charge is 2.12. The van der Waals surface area contributed by atoms with Crippen LogP contribution in [0.5, 0.6) is 0 Å². The molecule has 0 aromatic carbocycles. The van der Waals surface area contributed by atoms with Crippen molar-refractivity contribution < 1.29 is 0 Å². The Morgan fingerprint density at radius 1 is 1.29 bits per heavy atom. The van der Waals surface area contributed by atoms with Gasteiger partial charge in [-0.15, -0.1) is 0 Å². The van der Waals surface area contributed by atoms with Gasteiger partial charge in [-0.25, -0.2) is 4.98 Å². The maximum absolute atomic E-state index is 8.75. The maximum atomic E-state index is 8.75. The molecule has 1 aromatic rings. The number of aromatic nitrogens is 1. The normalized spacial score (nSPS) is 16.4. The Kier molecular flexibility index (Phi) is 4.37. The number of hydrogen-bond acceptors (Lipinski definition) is 3. The van der Waals surface area contributed by atoms with Crippen LogP contribution in [0, 0.1) is 17.2 Å². The van der Waals surface area contributed by atoms with Crippen molar-refractivity contribution in [3.05, 3.63) is 23.9 Å². The van der Waals surface area contributed by atoms with Gasteiger partial charge in [-0.3, -0.25) is 0 Å². The molecule has 2 rings (SSSR count). The fourth-order valence-corrected chi connectivity index (χ4v) is 2.48. The molecule has 0 unspecified atom stereocenters. The van der Waals surface area contributed by atoms with Crippen LogP contribution in [-0.2, 0) is 0 Å². The maximum Gasteiger partial charge on any atom is 0.142 e. The molecule has 1 heterocycles. The molecular weight excluding hydrogens is 210 g/mol. The molecule has 90 valence electrons. The van der Waals surface area contributed by atoms with Crippen molar-refractivity contribution in [2.45, 2.75) is 38.5 Å². The molecule has 0 saturated heterocycles. The predicted molar refractivity (Wildman–Crippen MR) is 68.6 cm³/mol. The fourth-order valence-electron chi connectivity index (χ4n) is 2.48. The molecule has 0 aliphatic heterocycles. The second-order valence-corrected chi connectivity index (χ2v) is 4.74. The van der Waals surface area contributed by atoms with Crippen molar-refractivity contribution in [3.8, 4) is 6.07 Å². The Balaban J connectivity index is 1.75. The molecule has 0 bridgehead atoms. The number of nitrogens with zero attached hydrogens (tertiary/aromatic N) is 2. The van der Waals surface area contributed by atoms with E-state index in [1.54, 1.807) is 6.07 Å². The molecule has 0 spiro atoms. The van der Waals surface area contributed by atoms with Crippen molar-refractivity contribution in [1.82, 2.24) is 4.98 Å². The Hall–Kier alpha value is -1.56. The minimum atomic E-state index is 0.479. The zero-order chi connectivity index (χ0) is 11.9. The Morgan fingerprint density at radius 3 is 2.88 bits per heavy atom. The molecule has 3 heteroatoms. The molecule has 1 saturated carbocycles. The van der Waals surface area contributed by atoms with Crippen LogP contribution in [0.1, 0.15) is 44.2 Å². The summed E-state index contributed by atoms with van der Waals surface area (Å²) in [4.78, 5) is 4.20. The lowest BCUT2D eigenvalue weighted by Gasteiger charge is -2.21. The number of pyridine rings is 1. The summed E-state index contributed by atoms with van der Waals surface area (Å²) in [6.45, 7) is 0.965. The molecule has 3 nitrogen and oxygen atoms in total. The highest BCUT2D eigenvalue weighted by atomic mass is 15.0. The van der Waals surface area contributed by atoms with Gasteiger partial charge in [0.2, 0.25) is 0 Å². The Bertz CT molecular complexity index is 389. The molecule has 1 aliphatic rings. The van der Waals surface area contributed by atoms with E-state index >= 15 is 0 Å². The smallest absolute Gasteiger partial charge is 0.142 e. The van der Waals surface area contributed by atoms with Gasteiger partial charge in [-0.2, -0.15) is 5.26 Å². The molecule has 0 amide bonds. The highest BCUT2D eigenvalue weighted by Crippen LogP contribution is 2.26. The fraction of sp³-hybridized carbons (Fsp3) is 0.571. The van der Waals surface area contributed by atoms with E-state index in [-0.39, 0.29) is 0 Å². The minimum absolute atomic E-state index is 0.479. The quantitative estimate of drug-likeness (QED) is 0.861. The number of rotatable bonds is 4. The lowest BCUT2D eigenvalue weighted by molar-refractivity contribution is 0.345. The summed E-state index contributed by atoms with van der Waals surface area (Å²) in [7, 11) is 0. The van der Waals surface area contributed by atoms with Crippen LogP contribution in [0.25, 0.3) is 0 Å². The molecule has 0 radical (unpaired) electrons. The van der Waals surface area contributed by atoms with Gasteiger partial charge < -0.3 is 5.32 Å². The third-order valence-corrected chi connectivity index (χ3v) is 3.45. The lowest BCUT2D eigenvalue weighted by Crippen LogP contribution is -2.12. The van der Waals surface area contributed by atoms with Crippen molar-refractivity contribution in [1.29, 1.82) is 5.26 Å². The van der Waals surface area contributed by atoms with Crippen LogP contribution in [0.2, 0.25) is 0 Å². The zero-order valence-electron chi connectivity index (χ0n) is 10.2. The van der Waals surface area contributed by atoms with Crippen LogP contribution >= 0.6 is 0 Å². The van der Waals surface area contributed by atoms with Gasteiger partial charge in [0.05, 0.1) is 0 Å². The Morgan fingerprint density at radius 2 is 2.12 bits per heavy atom. The molecular formula is C14H19N3. The average Bonchev–Trinajstić information content (AvgIpc) is 2.40. The summed E-state index contributed by atoms with van der Waals surface area (Å²) >= 11 is 0. The summed E-state index contributed by atoms with van der Waals surface area (Å²) in [5.74, 6) is 1.70. The van der Waals surface area contributed by atoms with Crippen molar-refractivity contribution >= 4 is 5.82 Å². The van der Waals surface area contributed by atoms with Crippen LogP contribution in [0.15, 0.2) is 18.2 Å². The van der Waals surface area contributed by atoms with Crippen LogP contribution in [0.4, 0.5) is 5.82 Å². The van der Waals surface area contributed by atoms with E-state index in [1.807, 2.05) is 12.1 Å². The van der Waals surface area contributed by atoms with Crippen molar-refractivity contribution in [3.63, 3.8) is 0 Å². The number of nitrogens with one attached hydrogen (secondary N) is 1. The van der Waals surface area contributed by atoms with Gasteiger partial charge in [0.25, 0.3) is 0 Å². The van der Waals surface area contributed by atoms with E-state index in [2.05, 4.69) is 16.4 Å². The summed E-state index contributed by atoms with van der Waals surface area (Å²) in [5, 5.41) is 12.1. The van der Waals surface area contributed by atoms with Gasteiger partial charge in [-0.1, -0.05) is 38.2 Å². The summed E-state index contributed by atoms with van der Waals surface area (Å²) in [6, 6.07) is 7.57. The molecule has 1 fully saturated rings. The van der Waals surface area contributed by atoms with E-state index in [1.165, 1.54) is 38.5 Å². The molecule has 17 heavy (non-hydrogen) atoms. The van der Waals surface area contributed by atoms with Crippen LogP contribution in [0.3, 0.4) is 0 Å². The number of nitriles is 1. The third-order valence-electron chi connectivity index (χ3n) is 3.45. The first-order valence-corrected chi connectivity index (χ1v) is 6.49. The summed E-state index contributed by atoms with van der Waals surface area (Å²) < 4.78 is 0. The molecule has 1 N–H and O–H groups in total. The van der Waals surface area contributed by atoms with E-state index in [0.717, 1.165) is 18.3 Å². The topological polar surface area (TPSA) is 48.7 Å². The van der Waals surface area contributed by atoms with E-state index < -0.39 is 0 Å². The van der Waals surface area contributed by atoms with Crippen LogP contribution in [-0.4, -0.2) is 11.5 Å². The summed E-state index contributed by atoms with van der Waals surface area (Å²) in [5.41, 5.74) is 0.479. The largest absolute Gasteiger partial charge is 0.370 e. The van der Waals surface area contributed by atoms with Crippen molar-refractivity contribution in [2.75, 3.05) is 11.9 Å². The average molecular weight is 229 g/mol. The SMILES string of the molecule is N#Cc1cccc(NCCC2CCCCC2)n1. The van der Waals surface area contributed by atoms with Gasteiger partial charge in [0.15, 0.2) is 0 Å². The van der Waals surface area contributed by atoms with E-state index in [4.69, 9.17) is 5.26 Å². The first-order chi connectivity index (χ1) is 8.38. The highest BCUT2D eigenvalue weighted by molar-refractivity contribution is 5.38. The van der Waals surface area contributed by atoms with Gasteiger partial charge in [0, 0.05) is 6.54 Å². The van der Waals surface area contributed by atoms with Gasteiger partial charge in [0.1, 0.15) is 17.6 Å². The lowest BCUT2D eigenvalue weighted by atomic mass is 9.87. The monoisotopic (exact) mass is 229 g/mol. The molecule has 0 atom stereocenters. The first kappa shape index (κ1) is 11.9. The number of hydrogen-bond donors (Lipinski definition) is 1. The third kappa shape index (κ3) is 3.74. The second kappa shape index (κ2) is 6.24. The van der Waals surface area contributed by atoms with Crippen molar-refractivity contribution in [2.24, 2.45) is 5.92 Å². The Labute approximate surface area is 103 Å². The summed E-state index contributed by atoms with van der Waals surface area (Å²) in [6.07, 6.45) is 8.19. The standard InChI is InChI=1S/C14H19N3/c15-11-13-7-4-8-14(17-13)16-10-9-12-5-2-1-3-6-12/h4,7-8,12H,1-3,5-6,9-10H2,(H,16,17). The first-order valence-electron chi connectivity index (χ1n) is 6.49. The number of anilines is 1. The van der Waals surface area contributed by atoms with Gasteiger partial charge in [-0.05, 0) is 24.5 Å².